The van der Waals surface area contributed by atoms with Gasteiger partial charge < -0.3 is 19.7 Å². The highest BCUT2D eigenvalue weighted by Crippen LogP contribution is 2.26. The summed E-state index contributed by atoms with van der Waals surface area (Å²) in [6, 6.07) is 14.9. The number of amides is 2. The van der Waals surface area contributed by atoms with Crippen molar-refractivity contribution in [3.05, 3.63) is 59.7 Å². The highest BCUT2D eigenvalue weighted by molar-refractivity contribution is 5.88. The number of nitrogens with zero attached hydrogens (tertiary/aromatic N) is 1. The lowest BCUT2D eigenvalue weighted by Crippen LogP contribution is -2.51. The van der Waals surface area contributed by atoms with Crippen molar-refractivity contribution in [2.75, 3.05) is 13.7 Å². The van der Waals surface area contributed by atoms with E-state index in [1.807, 2.05) is 48.5 Å². The Morgan fingerprint density at radius 2 is 1.76 bits per heavy atom. The second-order valence-corrected chi connectivity index (χ2v) is 9.37. The molecular formula is C28H38N2O4. The van der Waals surface area contributed by atoms with Gasteiger partial charge in [0.2, 0.25) is 5.91 Å². The molecule has 6 nitrogen and oxygen atoms in total. The van der Waals surface area contributed by atoms with Crippen LogP contribution in [0, 0.1) is 0 Å². The van der Waals surface area contributed by atoms with Gasteiger partial charge in [0.15, 0.2) is 6.61 Å². The van der Waals surface area contributed by atoms with Gasteiger partial charge in [-0.15, -0.1) is 0 Å². The van der Waals surface area contributed by atoms with Crippen molar-refractivity contribution in [3.63, 3.8) is 0 Å². The molecule has 2 aromatic carbocycles. The summed E-state index contributed by atoms with van der Waals surface area (Å²) in [6.07, 6.45) is 5.48. The predicted octanol–water partition coefficient (Wildman–Crippen LogP) is 5.06. The van der Waals surface area contributed by atoms with E-state index in [4.69, 9.17) is 9.47 Å². The van der Waals surface area contributed by atoms with Gasteiger partial charge in [0.05, 0.1) is 7.11 Å². The molecule has 6 heteroatoms. The smallest absolute Gasteiger partial charge is 0.261 e. The van der Waals surface area contributed by atoms with Gasteiger partial charge in [-0.2, -0.15) is 0 Å². The molecular weight excluding hydrogens is 428 g/mol. The van der Waals surface area contributed by atoms with Crippen LogP contribution in [0.1, 0.15) is 69.9 Å². The van der Waals surface area contributed by atoms with Crippen LogP contribution in [-0.2, 0) is 16.1 Å². The largest absolute Gasteiger partial charge is 0.497 e. The van der Waals surface area contributed by atoms with E-state index >= 15 is 0 Å². The molecule has 184 valence electrons. The zero-order chi connectivity index (χ0) is 24.5. The number of ether oxygens (including phenoxy) is 2. The summed E-state index contributed by atoms with van der Waals surface area (Å²) >= 11 is 0. The van der Waals surface area contributed by atoms with Crippen molar-refractivity contribution >= 4 is 11.8 Å². The van der Waals surface area contributed by atoms with E-state index in [1.165, 1.54) is 6.42 Å². The summed E-state index contributed by atoms with van der Waals surface area (Å²) in [5.41, 5.74) is 1.95. The first-order valence-electron chi connectivity index (χ1n) is 12.3. The van der Waals surface area contributed by atoms with E-state index in [9.17, 15) is 9.59 Å². The molecule has 0 aliphatic heterocycles. The molecule has 0 radical (unpaired) electrons. The molecule has 34 heavy (non-hydrogen) atoms. The molecule has 1 aliphatic carbocycles. The van der Waals surface area contributed by atoms with Crippen LogP contribution in [0.2, 0.25) is 0 Å². The van der Waals surface area contributed by atoms with Crippen molar-refractivity contribution in [2.45, 2.75) is 77.4 Å². The van der Waals surface area contributed by atoms with Gasteiger partial charge in [-0.25, -0.2) is 0 Å². The van der Waals surface area contributed by atoms with E-state index in [-0.39, 0.29) is 30.4 Å². The Hall–Kier alpha value is -3.02. The summed E-state index contributed by atoms with van der Waals surface area (Å²) in [4.78, 5) is 28.1. The second-order valence-electron chi connectivity index (χ2n) is 9.37. The highest BCUT2D eigenvalue weighted by Gasteiger charge is 2.28. The summed E-state index contributed by atoms with van der Waals surface area (Å²) in [6.45, 7) is 6.14. The van der Waals surface area contributed by atoms with Gasteiger partial charge >= 0.3 is 0 Å². The molecule has 1 fully saturated rings. The molecule has 3 rings (SSSR count). The fraction of sp³-hybridized carbons (Fsp3) is 0.500. The summed E-state index contributed by atoms with van der Waals surface area (Å²) in [7, 11) is 1.61. The molecule has 1 atom stereocenters. The Bertz CT molecular complexity index is 953. The van der Waals surface area contributed by atoms with Gasteiger partial charge in [0.25, 0.3) is 5.91 Å². The minimum absolute atomic E-state index is 0.120. The summed E-state index contributed by atoms with van der Waals surface area (Å²) in [5, 5.41) is 3.16. The van der Waals surface area contributed by atoms with Crippen LogP contribution in [0.3, 0.4) is 0 Å². The summed E-state index contributed by atoms with van der Waals surface area (Å²) < 4.78 is 11.3. The first-order valence-corrected chi connectivity index (χ1v) is 12.3. The van der Waals surface area contributed by atoms with E-state index < -0.39 is 6.04 Å². The Labute approximate surface area is 203 Å². The molecule has 2 aromatic rings. The first-order chi connectivity index (χ1) is 16.4. The Kier molecular flexibility index (Phi) is 9.37. The van der Waals surface area contributed by atoms with Crippen molar-refractivity contribution in [1.82, 2.24) is 10.2 Å². The minimum Gasteiger partial charge on any atom is -0.497 e. The minimum atomic E-state index is -0.621. The lowest BCUT2D eigenvalue weighted by Gasteiger charge is -2.31. The van der Waals surface area contributed by atoms with Crippen molar-refractivity contribution < 1.29 is 19.1 Å². The SMILES string of the molecule is COc1cccc(CN(C(=O)COc2ccccc2C(C)C)[C@@H](C)C(=O)NC2CCCCC2)c1. The predicted molar refractivity (Wildman–Crippen MR) is 134 cm³/mol. The van der Waals surface area contributed by atoms with Crippen LogP contribution in [-0.4, -0.2) is 42.5 Å². The molecule has 2 amide bonds. The normalized spacial score (nSPS) is 15.0. The van der Waals surface area contributed by atoms with Crippen molar-refractivity contribution in [3.8, 4) is 11.5 Å². The Balaban J connectivity index is 1.75. The molecule has 1 saturated carbocycles. The standard InChI is InChI=1S/C28H38N2O4/c1-20(2)25-15-8-9-16-26(25)34-19-27(31)30(18-22-11-10-14-24(17-22)33-4)21(3)28(32)29-23-12-6-5-7-13-23/h8-11,14-17,20-21,23H,5-7,12-13,18-19H2,1-4H3,(H,29,32)/t21-/m0/s1. The molecule has 0 heterocycles. The third kappa shape index (κ3) is 6.99. The van der Waals surface area contributed by atoms with E-state index in [2.05, 4.69) is 19.2 Å². The van der Waals surface area contributed by atoms with Gasteiger partial charge in [-0.3, -0.25) is 9.59 Å². The number of para-hydroxylation sites is 1. The highest BCUT2D eigenvalue weighted by atomic mass is 16.5. The number of carbonyl (C=O) groups excluding carboxylic acids is 2. The van der Waals surface area contributed by atoms with Crippen LogP contribution >= 0.6 is 0 Å². The first kappa shape index (κ1) is 25.6. The molecule has 1 aliphatic rings. The number of nitrogens with one attached hydrogen (secondary N) is 1. The van der Waals surface area contributed by atoms with Gasteiger partial charge in [-0.05, 0) is 55.0 Å². The topological polar surface area (TPSA) is 67.9 Å². The average Bonchev–Trinajstić information content (AvgIpc) is 2.86. The Morgan fingerprint density at radius 3 is 2.47 bits per heavy atom. The zero-order valence-corrected chi connectivity index (χ0v) is 20.9. The number of rotatable bonds is 10. The number of carbonyl (C=O) groups is 2. The maximum absolute atomic E-state index is 13.4. The van der Waals surface area contributed by atoms with Crippen molar-refractivity contribution in [1.29, 1.82) is 0 Å². The van der Waals surface area contributed by atoms with Gasteiger partial charge in [-0.1, -0.05) is 63.4 Å². The number of methoxy groups -OCH3 is 1. The van der Waals surface area contributed by atoms with E-state index in [0.29, 0.717) is 18.0 Å². The number of hydrogen-bond acceptors (Lipinski definition) is 4. The van der Waals surface area contributed by atoms with Gasteiger partial charge in [0.1, 0.15) is 17.5 Å². The quantitative estimate of drug-likeness (QED) is 0.531. The van der Waals surface area contributed by atoms with Crippen LogP contribution in [0.5, 0.6) is 11.5 Å². The number of benzene rings is 2. The van der Waals surface area contributed by atoms with Crippen molar-refractivity contribution in [2.24, 2.45) is 0 Å². The molecule has 0 aromatic heterocycles. The van der Waals surface area contributed by atoms with E-state index in [0.717, 1.165) is 36.8 Å². The van der Waals surface area contributed by atoms with Crippen LogP contribution in [0.4, 0.5) is 0 Å². The molecule has 0 saturated heterocycles. The third-order valence-electron chi connectivity index (χ3n) is 6.50. The zero-order valence-electron chi connectivity index (χ0n) is 20.9. The lowest BCUT2D eigenvalue weighted by atomic mass is 9.95. The molecule has 1 N–H and O–H groups in total. The molecule has 0 spiro atoms. The lowest BCUT2D eigenvalue weighted by molar-refractivity contribution is -0.142. The molecule has 0 unspecified atom stereocenters. The monoisotopic (exact) mass is 466 g/mol. The number of hydrogen-bond donors (Lipinski definition) is 1. The fourth-order valence-corrected chi connectivity index (χ4v) is 4.43. The fourth-order valence-electron chi connectivity index (χ4n) is 4.43. The summed E-state index contributed by atoms with van der Waals surface area (Å²) in [5.74, 6) is 1.34. The Morgan fingerprint density at radius 1 is 1.03 bits per heavy atom. The van der Waals surface area contributed by atoms with Gasteiger partial charge in [0, 0.05) is 12.6 Å². The molecule has 0 bridgehead atoms. The maximum Gasteiger partial charge on any atom is 0.261 e. The van der Waals surface area contributed by atoms with Crippen LogP contribution in [0.15, 0.2) is 48.5 Å². The van der Waals surface area contributed by atoms with E-state index in [1.54, 1.807) is 18.9 Å². The van der Waals surface area contributed by atoms with Crippen LogP contribution < -0.4 is 14.8 Å². The third-order valence-corrected chi connectivity index (χ3v) is 6.50. The van der Waals surface area contributed by atoms with Crippen LogP contribution in [0.25, 0.3) is 0 Å². The average molecular weight is 467 g/mol. The maximum atomic E-state index is 13.4. The second kappa shape index (κ2) is 12.4.